The van der Waals surface area contributed by atoms with Crippen molar-refractivity contribution in [1.29, 1.82) is 0 Å². The fourth-order valence-electron chi connectivity index (χ4n) is 4.55. The monoisotopic (exact) mass is 553 g/mol. The summed E-state index contributed by atoms with van der Waals surface area (Å²) in [5.74, 6) is 1.49. The number of alkyl carbamates (subject to hydrolysis) is 1. The highest BCUT2D eigenvalue weighted by Crippen LogP contribution is 2.29. The first-order valence-corrected chi connectivity index (χ1v) is 13.7. The van der Waals surface area contributed by atoms with Crippen LogP contribution in [0.1, 0.15) is 58.2 Å². The minimum absolute atomic E-state index is 0.0382. The van der Waals surface area contributed by atoms with Crippen LogP contribution < -0.4 is 10.6 Å². The number of nitrogens with one attached hydrogen (secondary N) is 2. The first-order chi connectivity index (χ1) is 19.5. The SMILES string of the molecule is C#Cc1ccccc1C(C(=O)Nc1ccc2ccccc2c1)N(CC=C)C(=O)C(NC(=O)OC(C)(C)C)C(C)CC. The molecule has 7 nitrogen and oxygen atoms in total. The number of anilines is 1. The van der Waals surface area contributed by atoms with Gasteiger partial charge in [-0.1, -0.05) is 80.8 Å². The van der Waals surface area contributed by atoms with Crippen LogP contribution in [0.2, 0.25) is 0 Å². The molecule has 0 saturated carbocycles. The summed E-state index contributed by atoms with van der Waals surface area (Å²) in [7, 11) is 0. The van der Waals surface area contributed by atoms with Crippen molar-refractivity contribution in [2.75, 3.05) is 11.9 Å². The molecule has 0 aliphatic heterocycles. The van der Waals surface area contributed by atoms with Crippen LogP contribution in [-0.2, 0) is 14.3 Å². The number of amides is 3. The standard InChI is InChI=1S/C34H39N3O4/c1-8-21-37(32(39)29(23(4)9-2)36-33(40)41-34(5,6)7)30(28-18-14-13-15-24(28)10-3)31(38)35-27-20-19-25-16-11-12-17-26(25)22-27/h3,8,11-20,22-23,29-30H,1,9,21H2,2,4-7H3,(H,35,38)(H,36,40). The van der Waals surface area contributed by atoms with Crippen LogP contribution in [0.25, 0.3) is 10.8 Å². The number of carbonyl (C=O) groups excluding carboxylic acids is 3. The van der Waals surface area contributed by atoms with Gasteiger partial charge < -0.3 is 20.3 Å². The van der Waals surface area contributed by atoms with E-state index in [-0.39, 0.29) is 12.5 Å². The number of nitrogens with zero attached hydrogens (tertiary/aromatic N) is 1. The molecule has 3 rings (SSSR count). The third kappa shape index (κ3) is 7.98. The number of carbonyl (C=O) groups is 3. The molecular weight excluding hydrogens is 514 g/mol. The van der Waals surface area contributed by atoms with Gasteiger partial charge in [0.25, 0.3) is 5.91 Å². The van der Waals surface area contributed by atoms with Gasteiger partial charge in [0, 0.05) is 17.8 Å². The minimum Gasteiger partial charge on any atom is -0.444 e. The number of rotatable bonds is 10. The largest absolute Gasteiger partial charge is 0.444 e. The van der Waals surface area contributed by atoms with Crippen LogP contribution in [0, 0.1) is 18.3 Å². The molecule has 0 bridgehead atoms. The summed E-state index contributed by atoms with van der Waals surface area (Å²) in [6, 6.07) is 18.4. The van der Waals surface area contributed by atoms with Crippen LogP contribution in [0.3, 0.4) is 0 Å². The highest BCUT2D eigenvalue weighted by Gasteiger charge is 2.38. The number of terminal acetylenes is 1. The molecule has 3 atom stereocenters. The Hall–Kier alpha value is -4.57. The number of hydrogen-bond acceptors (Lipinski definition) is 4. The van der Waals surface area contributed by atoms with Crippen molar-refractivity contribution >= 4 is 34.4 Å². The quantitative estimate of drug-likeness (QED) is 0.223. The van der Waals surface area contributed by atoms with Gasteiger partial charge in [-0.05, 0) is 61.2 Å². The Morgan fingerprint density at radius 2 is 1.71 bits per heavy atom. The van der Waals surface area contributed by atoms with Gasteiger partial charge in [0.05, 0.1) is 0 Å². The van der Waals surface area contributed by atoms with Crippen molar-refractivity contribution < 1.29 is 19.1 Å². The van der Waals surface area contributed by atoms with Gasteiger partial charge in [0.15, 0.2) is 0 Å². The molecule has 0 spiro atoms. The highest BCUT2D eigenvalue weighted by atomic mass is 16.6. The van der Waals surface area contributed by atoms with Gasteiger partial charge in [-0.15, -0.1) is 13.0 Å². The van der Waals surface area contributed by atoms with Crippen molar-refractivity contribution in [1.82, 2.24) is 10.2 Å². The van der Waals surface area contributed by atoms with E-state index >= 15 is 0 Å². The van der Waals surface area contributed by atoms with Crippen LogP contribution in [-0.4, -0.2) is 41.0 Å². The lowest BCUT2D eigenvalue weighted by Crippen LogP contribution is -2.54. The van der Waals surface area contributed by atoms with Crippen molar-refractivity contribution in [3.05, 3.63) is 90.5 Å². The molecule has 2 N–H and O–H groups in total. The molecule has 0 aromatic heterocycles. The Labute approximate surface area is 243 Å². The van der Waals surface area contributed by atoms with Gasteiger partial charge in [-0.2, -0.15) is 0 Å². The van der Waals surface area contributed by atoms with Crippen LogP contribution >= 0.6 is 0 Å². The van der Waals surface area contributed by atoms with Crippen molar-refractivity contribution in [2.24, 2.45) is 5.92 Å². The lowest BCUT2D eigenvalue weighted by atomic mass is 9.94. The topological polar surface area (TPSA) is 87.7 Å². The van der Waals surface area contributed by atoms with E-state index in [9.17, 15) is 14.4 Å². The van der Waals surface area contributed by atoms with Crippen molar-refractivity contribution in [2.45, 2.75) is 58.7 Å². The molecule has 0 aliphatic carbocycles. The fourth-order valence-corrected chi connectivity index (χ4v) is 4.55. The summed E-state index contributed by atoms with van der Waals surface area (Å²) in [5.41, 5.74) is 0.798. The Morgan fingerprint density at radius 3 is 2.34 bits per heavy atom. The predicted octanol–water partition coefficient (Wildman–Crippen LogP) is 6.45. The van der Waals surface area contributed by atoms with E-state index in [1.165, 1.54) is 4.90 Å². The number of hydrogen-bond donors (Lipinski definition) is 2. The van der Waals surface area contributed by atoms with Gasteiger partial charge in [0.2, 0.25) is 5.91 Å². The van der Waals surface area contributed by atoms with E-state index in [1.54, 1.807) is 51.1 Å². The van der Waals surface area contributed by atoms with E-state index < -0.39 is 35.6 Å². The molecular formula is C34H39N3O4. The average molecular weight is 554 g/mol. The molecule has 0 aliphatic rings. The van der Waals surface area contributed by atoms with Gasteiger partial charge >= 0.3 is 6.09 Å². The zero-order valence-corrected chi connectivity index (χ0v) is 24.4. The highest BCUT2D eigenvalue weighted by molar-refractivity contribution is 6.00. The number of benzene rings is 3. The zero-order chi connectivity index (χ0) is 30.2. The average Bonchev–Trinajstić information content (AvgIpc) is 2.94. The molecule has 3 aromatic rings. The van der Waals surface area contributed by atoms with E-state index in [2.05, 4.69) is 23.1 Å². The minimum atomic E-state index is -1.11. The lowest BCUT2D eigenvalue weighted by Gasteiger charge is -2.35. The van der Waals surface area contributed by atoms with Crippen molar-refractivity contribution in [3.8, 4) is 12.3 Å². The molecule has 3 unspecified atom stereocenters. The maximum Gasteiger partial charge on any atom is 0.408 e. The first kappa shape index (κ1) is 31.0. The third-order valence-corrected chi connectivity index (χ3v) is 6.75. The summed E-state index contributed by atoms with van der Waals surface area (Å²) in [6.45, 7) is 12.9. The summed E-state index contributed by atoms with van der Waals surface area (Å²) in [4.78, 5) is 42.5. The van der Waals surface area contributed by atoms with E-state index in [1.807, 2.05) is 56.3 Å². The van der Waals surface area contributed by atoms with Gasteiger partial charge in [-0.25, -0.2) is 4.79 Å². The van der Waals surface area contributed by atoms with E-state index in [0.29, 0.717) is 23.2 Å². The van der Waals surface area contributed by atoms with Crippen LogP contribution in [0.5, 0.6) is 0 Å². The van der Waals surface area contributed by atoms with Crippen molar-refractivity contribution in [3.63, 3.8) is 0 Å². The first-order valence-electron chi connectivity index (χ1n) is 13.7. The smallest absolute Gasteiger partial charge is 0.408 e. The summed E-state index contributed by atoms with van der Waals surface area (Å²) in [5, 5.41) is 7.73. The fraction of sp³-hybridized carbons (Fsp3) is 0.324. The Bertz CT molecular complexity index is 1450. The molecule has 214 valence electrons. The Balaban J connectivity index is 2.07. The molecule has 0 radical (unpaired) electrons. The molecule has 7 heteroatoms. The van der Waals surface area contributed by atoms with Gasteiger partial charge in [0.1, 0.15) is 17.7 Å². The van der Waals surface area contributed by atoms with E-state index in [4.69, 9.17) is 11.2 Å². The van der Waals surface area contributed by atoms with E-state index in [0.717, 1.165) is 10.8 Å². The maximum absolute atomic E-state index is 14.3. The number of fused-ring (bicyclic) bond motifs is 1. The van der Waals surface area contributed by atoms with Gasteiger partial charge in [-0.3, -0.25) is 9.59 Å². The Kier molecular flexibility index (Phi) is 10.3. The van der Waals surface area contributed by atoms with Crippen LogP contribution in [0.15, 0.2) is 79.4 Å². The summed E-state index contributed by atoms with van der Waals surface area (Å²) < 4.78 is 5.45. The molecule has 3 aromatic carbocycles. The molecule has 41 heavy (non-hydrogen) atoms. The second kappa shape index (κ2) is 13.7. The lowest BCUT2D eigenvalue weighted by molar-refractivity contribution is -0.141. The summed E-state index contributed by atoms with van der Waals surface area (Å²) >= 11 is 0. The number of ether oxygens (including phenoxy) is 1. The predicted molar refractivity (Wildman–Crippen MR) is 164 cm³/mol. The Morgan fingerprint density at radius 1 is 1.05 bits per heavy atom. The molecule has 3 amide bonds. The summed E-state index contributed by atoms with van der Waals surface area (Å²) in [6.07, 6.45) is 7.27. The zero-order valence-electron chi connectivity index (χ0n) is 24.4. The van der Waals surface area contributed by atoms with Crippen LogP contribution in [0.4, 0.5) is 10.5 Å². The normalized spacial score (nSPS) is 13.3. The molecule has 0 heterocycles. The maximum atomic E-state index is 14.3. The second-order valence-corrected chi connectivity index (χ2v) is 11.0. The molecule has 0 saturated heterocycles. The molecule has 0 fully saturated rings. The second-order valence-electron chi connectivity index (χ2n) is 11.0. The third-order valence-electron chi connectivity index (χ3n) is 6.75.